The second-order valence-corrected chi connectivity index (χ2v) is 8.58. The van der Waals surface area contributed by atoms with Gasteiger partial charge in [0.05, 0.1) is 6.07 Å². The van der Waals surface area contributed by atoms with Gasteiger partial charge in [-0.05, 0) is 17.9 Å². The van der Waals surface area contributed by atoms with Crippen molar-refractivity contribution in [3.63, 3.8) is 0 Å². The molecule has 2 aromatic rings. The van der Waals surface area contributed by atoms with Gasteiger partial charge in [-0.1, -0.05) is 84.9 Å². The molecule has 0 amide bonds. The molecule has 0 aliphatic heterocycles. The highest BCUT2D eigenvalue weighted by atomic mass is 28.3. The molecule has 0 aliphatic carbocycles. The van der Waals surface area contributed by atoms with Gasteiger partial charge in [0.1, 0.15) is 8.80 Å². The van der Waals surface area contributed by atoms with Crippen molar-refractivity contribution >= 4 is 19.2 Å². The van der Waals surface area contributed by atoms with Crippen molar-refractivity contribution in [2.45, 2.75) is 26.7 Å². The Labute approximate surface area is 129 Å². The van der Waals surface area contributed by atoms with Crippen LogP contribution >= 0.6 is 0 Å². The third-order valence-corrected chi connectivity index (χ3v) is 7.70. The van der Waals surface area contributed by atoms with E-state index in [2.05, 4.69) is 80.6 Å². The van der Waals surface area contributed by atoms with Crippen molar-refractivity contribution in [3.8, 4) is 6.07 Å². The van der Waals surface area contributed by atoms with E-state index in [1.807, 2.05) is 0 Å². The monoisotopic (exact) mass is 292 g/mol. The van der Waals surface area contributed by atoms with Crippen LogP contribution < -0.4 is 10.4 Å². The summed E-state index contributed by atoms with van der Waals surface area (Å²) < 4.78 is 0. The fourth-order valence-corrected chi connectivity index (χ4v) is 6.43. The average molecular weight is 292 g/mol. The molecule has 0 aliphatic rings. The van der Waals surface area contributed by atoms with Crippen LogP contribution in [-0.2, 0) is 0 Å². The molecule has 0 saturated carbocycles. The molecule has 1 nitrogen and oxygen atoms in total. The standard InChI is InChI=1S/C19H22NSi/c1-16(2)19(14-9-15-20)21(17-10-5-3-6-11-17)18-12-7-4-8-13-18/h3-8,10-13,16,21H,9,14H2,1-2H3. The summed E-state index contributed by atoms with van der Waals surface area (Å²) in [4.78, 5) is 0. The van der Waals surface area contributed by atoms with Crippen LogP contribution in [0, 0.1) is 22.8 Å². The van der Waals surface area contributed by atoms with Crippen LogP contribution in [0.25, 0.3) is 0 Å². The Kier molecular flexibility index (Phi) is 5.77. The van der Waals surface area contributed by atoms with Crippen molar-refractivity contribution in [2.75, 3.05) is 0 Å². The largest absolute Gasteiger partial charge is 0.198 e. The number of benzene rings is 2. The van der Waals surface area contributed by atoms with Gasteiger partial charge in [0.15, 0.2) is 0 Å². The van der Waals surface area contributed by atoms with Gasteiger partial charge in [-0.25, -0.2) is 0 Å². The first-order chi connectivity index (χ1) is 10.2. The first kappa shape index (κ1) is 15.5. The minimum atomic E-state index is -1.39. The Morgan fingerprint density at radius 3 is 1.81 bits per heavy atom. The first-order valence-corrected chi connectivity index (χ1v) is 9.29. The van der Waals surface area contributed by atoms with Crippen LogP contribution in [0.15, 0.2) is 60.7 Å². The third kappa shape index (κ3) is 4.06. The summed E-state index contributed by atoms with van der Waals surface area (Å²) in [6.07, 6.45) is 1.55. The Bertz CT molecular complexity index is 532. The lowest BCUT2D eigenvalue weighted by molar-refractivity contribution is 0.670. The van der Waals surface area contributed by atoms with Gasteiger partial charge < -0.3 is 0 Å². The fourth-order valence-electron chi connectivity index (χ4n) is 2.88. The number of rotatable bonds is 6. The number of hydrogen-bond donors (Lipinski definition) is 0. The SMILES string of the molecule is CC(C)[C](CCC#N)[SiH](c1ccccc1)c1ccccc1. The van der Waals surface area contributed by atoms with E-state index in [1.165, 1.54) is 10.4 Å². The minimum Gasteiger partial charge on any atom is -0.198 e. The summed E-state index contributed by atoms with van der Waals surface area (Å²) in [7, 11) is -1.39. The molecule has 1 radical (unpaired) electrons. The Morgan fingerprint density at radius 2 is 1.43 bits per heavy atom. The number of nitrogens with zero attached hydrogens (tertiary/aromatic N) is 1. The maximum absolute atomic E-state index is 8.97. The summed E-state index contributed by atoms with van der Waals surface area (Å²) in [5.74, 6) is 0.524. The smallest absolute Gasteiger partial charge is 0.109 e. The van der Waals surface area contributed by atoms with Crippen LogP contribution in [0.3, 0.4) is 0 Å². The summed E-state index contributed by atoms with van der Waals surface area (Å²) in [6, 6.07) is 24.0. The van der Waals surface area contributed by atoms with Gasteiger partial charge in [0, 0.05) is 6.42 Å². The Balaban J connectivity index is 2.42. The molecule has 0 heterocycles. The zero-order chi connectivity index (χ0) is 15.1. The predicted octanol–water partition coefficient (Wildman–Crippen LogP) is 3.10. The lowest BCUT2D eigenvalue weighted by atomic mass is 10.1. The van der Waals surface area contributed by atoms with E-state index < -0.39 is 8.80 Å². The van der Waals surface area contributed by atoms with E-state index in [0.717, 1.165) is 6.42 Å². The molecule has 0 unspecified atom stereocenters. The molecule has 2 heteroatoms. The second-order valence-electron chi connectivity index (χ2n) is 5.64. The highest BCUT2D eigenvalue weighted by molar-refractivity contribution is 6.89. The van der Waals surface area contributed by atoms with E-state index in [-0.39, 0.29) is 0 Å². The molecule has 0 spiro atoms. The quantitative estimate of drug-likeness (QED) is 0.751. The molecule has 107 valence electrons. The van der Waals surface area contributed by atoms with Crippen LogP contribution in [0.1, 0.15) is 26.7 Å². The molecule has 2 rings (SSSR count). The van der Waals surface area contributed by atoms with Crippen molar-refractivity contribution in [3.05, 3.63) is 66.2 Å². The molecule has 0 atom stereocenters. The summed E-state index contributed by atoms with van der Waals surface area (Å²) >= 11 is 0. The third-order valence-electron chi connectivity index (χ3n) is 3.90. The van der Waals surface area contributed by atoms with Gasteiger partial charge >= 0.3 is 0 Å². The highest BCUT2D eigenvalue weighted by Crippen LogP contribution is 2.23. The van der Waals surface area contributed by atoms with E-state index in [4.69, 9.17) is 5.26 Å². The van der Waals surface area contributed by atoms with Crippen LogP contribution in [-0.4, -0.2) is 8.80 Å². The minimum absolute atomic E-state index is 0.524. The molecule has 2 aromatic carbocycles. The van der Waals surface area contributed by atoms with Gasteiger partial charge in [0.2, 0.25) is 0 Å². The Hall–Kier alpha value is -1.85. The van der Waals surface area contributed by atoms with Gasteiger partial charge in [-0.3, -0.25) is 0 Å². The van der Waals surface area contributed by atoms with Crippen molar-refractivity contribution < 1.29 is 0 Å². The Morgan fingerprint density at radius 1 is 0.952 bits per heavy atom. The van der Waals surface area contributed by atoms with Crippen LogP contribution in [0.2, 0.25) is 0 Å². The molecule has 0 saturated heterocycles. The molecule has 0 N–H and O–H groups in total. The van der Waals surface area contributed by atoms with Gasteiger partial charge in [-0.2, -0.15) is 5.26 Å². The number of hydrogen-bond acceptors (Lipinski definition) is 1. The lowest BCUT2D eigenvalue weighted by Crippen LogP contribution is -2.49. The molecular weight excluding hydrogens is 270 g/mol. The van der Waals surface area contributed by atoms with Crippen LogP contribution in [0.5, 0.6) is 0 Å². The summed E-state index contributed by atoms with van der Waals surface area (Å²) in [5, 5.41) is 11.9. The zero-order valence-corrected chi connectivity index (χ0v) is 13.9. The normalized spacial score (nSPS) is 11.0. The maximum atomic E-state index is 8.97. The van der Waals surface area contributed by atoms with Gasteiger partial charge in [0.25, 0.3) is 0 Å². The molecule has 0 fully saturated rings. The predicted molar refractivity (Wildman–Crippen MR) is 92.2 cm³/mol. The molecule has 0 bridgehead atoms. The average Bonchev–Trinajstić information content (AvgIpc) is 2.53. The van der Waals surface area contributed by atoms with Crippen molar-refractivity contribution in [2.24, 2.45) is 5.92 Å². The molecule has 0 aromatic heterocycles. The first-order valence-electron chi connectivity index (χ1n) is 7.56. The van der Waals surface area contributed by atoms with E-state index in [0.29, 0.717) is 12.3 Å². The van der Waals surface area contributed by atoms with E-state index >= 15 is 0 Å². The second kappa shape index (κ2) is 7.80. The van der Waals surface area contributed by atoms with E-state index in [9.17, 15) is 0 Å². The molecule has 21 heavy (non-hydrogen) atoms. The summed E-state index contributed by atoms with van der Waals surface area (Å²) in [5.41, 5.74) is 1.58. The molecular formula is C19H22NSi. The van der Waals surface area contributed by atoms with Crippen molar-refractivity contribution in [1.29, 1.82) is 5.26 Å². The maximum Gasteiger partial charge on any atom is 0.109 e. The highest BCUT2D eigenvalue weighted by Gasteiger charge is 2.29. The summed E-state index contributed by atoms with van der Waals surface area (Å²) in [6.45, 7) is 4.52. The zero-order valence-electron chi connectivity index (χ0n) is 12.8. The fraction of sp³-hybridized carbons (Fsp3) is 0.263. The topological polar surface area (TPSA) is 23.8 Å². The lowest BCUT2D eigenvalue weighted by Gasteiger charge is -2.29. The van der Waals surface area contributed by atoms with Crippen LogP contribution in [0.4, 0.5) is 0 Å². The van der Waals surface area contributed by atoms with Crippen molar-refractivity contribution in [1.82, 2.24) is 0 Å². The number of nitriles is 1. The van der Waals surface area contributed by atoms with Gasteiger partial charge in [-0.15, -0.1) is 0 Å². The van der Waals surface area contributed by atoms with E-state index in [1.54, 1.807) is 5.54 Å².